The van der Waals surface area contributed by atoms with E-state index in [-0.39, 0.29) is 30.0 Å². The minimum Gasteiger partial charge on any atom is -0.480 e. The summed E-state index contributed by atoms with van der Waals surface area (Å²) in [6, 6.07) is 10.3. The largest absolute Gasteiger partial charge is 0.480 e. The van der Waals surface area contributed by atoms with E-state index >= 15 is 0 Å². The number of carboxylic acid groups (broad SMARTS) is 1. The van der Waals surface area contributed by atoms with Crippen molar-refractivity contribution in [1.29, 1.82) is 0 Å². The van der Waals surface area contributed by atoms with Crippen molar-refractivity contribution in [3.63, 3.8) is 0 Å². The van der Waals surface area contributed by atoms with Gasteiger partial charge in [-0.3, -0.25) is 14.5 Å². The van der Waals surface area contributed by atoms with Crippen LogP contribution in [0, 0.1) is 11.8 Å². The number of carbonyl (C=O) groups excluding carboxylic acids is 1. The maximum Gasteiger partial charge on any atom is 0.323 e. The summed E-state index contributed by atoms with van der Waals surface area (Å²) in [5, 5.41) is 19.6. The van der Waals surface area contributed by atoms with E-state index in [1.165, 1.54) is 12.7 Å². The molecule has 2 aliphatic carbocycles. The number of carbonyl (C=O) groups is 2. The molecule has 8 nitrogen and oxygen atoms in total. The zero-order chi connectivity index (χ0) is 27.6. The van der Waals surface area contributed by atoms with Crippen molar-refractivity contribution in [2.75, 3.05) is 7.11 Å². The lowest BCUT2D eigenvalue weighted by molar-refractivity contribution is -0.276. The lowest BCUT2D eigenvalue weighted by Crippen LogP contribution is -2.63. The van der Waals surface area contributed by atoms with E-state index in [2.05, 4.69) is 48.2 Å². The SMILES string of the molecule is CC(C)(C)OC(O)N1C2CCC(CC2)C1C(=O)O.COC(=O)C1C2C=CC(CC2)N1[C@H](C)c1ccccc1. The zero-order valence-electron chi connectivity index (χ0n) is 23.3. The number of aliphatic hydroxyl groups is 1. The van der Waals surface area contributed by atoms with Gasteiger partial charge in [-0.1, -0.05) is 42.5 Å². The van der Waals surface area contributed by atoms with Crippen molar-refractivity contribution in [2.45, 2.75) is 108 Å². The first-order valence-electron chi connectivity index (χ1n) is 14.0. The molecule has 1 aromatic carbocycles. The van der Waals surface area contributed by atoms with E-state index in [0.29, 0.717) is 12.0 Å². The maximum absolute atomic E-state index is 12.2. The van der Waals surface area contributed by atoms with Gasteiger partial charge in [0.25, 0.3) is 0 Å². The Hall–Kier alpha value is -2.26. The summed E-state index contributed by atoms with van der Waals surface area (Å²) in [6.07, 6.45) is 9.35. The Morgan fingerprint density at radius 2 is 1.61 bits per heavy atom. The topological polar surface area (TPSA) is 99.5 Å². The third-order valence-electron chi connectivity index (χ3n) is 8.56. The molecule has 4 bridgehead atoms. The Kier molecular flexibility index (Phi) is 8.97. The maximum atomic E-state index is 12.2. The monoisotopic (exact) mass is 528 g/mol. The first-order valence-corrected chi connectivity index (χ1v) is 14.0. The predicted molar refractivity (Wildman–Crippen MR) is 144 cm³/mol. The van der Waals surface area contributed by atoms with Crippen LogP contribution in [0.4, 0.5) is 0 Å². The molecule has 38 heavy (non-hydrogen) atoms. The van der Waals surface area contributed by atoms with Gasteiger partial charge in [-0.05, 0) is 77.7 Å². The average Bonchev–Trinajstić information content (AvgIpc) is 2.92. The van der Waals surface area contributed by atoms with Crippen molar-refractivity contribution in [3.05, 3.63) is 48.0 Å². The molecule has 210 valence electrons. The molecule has 0 spiro atoms. The first-order chi connectivity index (χ1) is 18.0. The minimum atomic E-state index is -1.13. The Bertz CT molecular complexity index is 984. The molecule has 1 saturated carbocycles. The van der Waals surface area contributed by atoms with Crippen LogP contribution in [0.5, 0.6) is 0 Å². The highest BCUT2D eigenvalue weighted by atomic mass is 16.6. The second-order valence-electron chi connectivity index (χ2n) is 12.1. The molecule has 0 aromatic heterocycles. The highest BCUT2D eigenvalue weighted by Gasteiger charge is 2.49. The quantitative estimate of drug-likeness (QED) is 0.320. The predicted octanol–water partition coefficient (Wildman–Crippen LogP) is 4.34. The number of methoxy groups -OCH3 is 1. The van der Waals surface area contributed by atoms with Crippen LogP contribution in [0.25, 0.3) is 0 Å². The molecule has 7 rings (SSSR count). The second-order valence-corrected chi connectivity index (χ2v) is 12.1. The number of fused-ring (bicyclic) bond motifs is 5. The van der Waals surface area contributed by atoms with E-state index in [4.69, 9.17) is 9.47 Å². The lowest BCUT2D eigenvalue weighted by Gasteiger charge is -2.51. The number of rotatable bonds is 6. The molecule has 0 amide bonds. The van der Waals surface area contributed by atoms with Gasteiger partial charge in [0.1, 0.15) is 12.1 Å². The highest BCUT2D eigenvalue weighted by molar-refractivity contribution is 5.77. The zero-order valence-corrected chi connectivity index (χ0v) is 23.3. The van der Waals surface area contributed by atoms with Crippen molar-refractivity contribution < 1.29 is 29.3 Å². The number of nitrogens with zero attached hydrogens (tertiary/aromatic N) is 2. The van der Waals surface area contributed by atoms with E-state index in [1.54, 1.807) is 4.90 Å². The van der Waals surface area contributed by atoms with E-state index < -0.39 is 24.0 Å². The lowest BCUT2D eigenvalue weighted by atomic mass is 9.75. The molecule has 6 atom stereocenters. The second kappa shape index (κ2) is 11.9. The van der Waals surface area contributed by atoms with Gasteiger partial charge in [0, 0.05) is 24.0 Å². The average molecular weight is 529 g/mol. The highest BCUT2D eigenvalue weighted by Crippen LogP contribution is 2.42. The standard InChI is InChI=1S/C17H21NO2.C13H23NO4/c1-12(13-6-4-3-5-7-13)18-15-10-8-14(9-11-15)16(18)17(19)20-2;1-13(2,3)18-12(17)14-9-6-4-8(5-7-9)10(14)11(15)16/h3-8,10,12,14-16H,9,11H2,1-2H3;8-10,12,17H,4-7H2,1-3H3,(H,15,16)/t12-,14?,15?,16?;/m1./s1. The van der Waals surface area contributed by atoms with E-state index in [1.807, 2.05) is 26.8 Å². The first kappa shape index (κ1) is 28.7. The number of esters is 1. The summed E-state index contributed by atoms with van der Waals surface area (Å²) in [6.45, 7) is 7.75. The van der Waals surface area contributed by atoms with Crippen LogP contribution in [-0.4, -0.2) is 75.2 Å². The minimum absolute atomic E-state index is 0.105. The summed E-state index contributed by atoms with van der Waals surface area (Å²) in [5.74, 6) is -0.517. The summed E-state index contributed by atoms with van der Waals surface area (Å²) in [7, 11) is 1.49. The fourth-order valence-electron chi connectivity index (χ4n) is 6.82. The molecule has 6 aliphatic rings. The number of aliphatic carboxylic acids is 1. The normalized spacial score (nSPS) is 32.3. The summed E-state index contributed by atoms with van der Waals surface area (Å²) in [4.78, 5) is 27.6. The van der Waals surface area contributed by atoms with Gasteiger partial charge in [-0.25, -0.2) is 4.90 Å². The third kappa shape index (κ3) is 6.14. The number of aliphatic hydroxyl groups excluding tert-OH is 1. The van der Waals surface area contributed by atoms with Crippen LogP contribution >= 0.6 is 0 Å². The molecule has 4 fully saturated rings. The van der Waals surface area contributed by atoms with Crippen LogP contribution < -0.4 is 0 Å². The fraction of sp³-hybridized carbons (Fsp3) is 0.667. The van der Waals surface area contributed by atoms with Crippen molar-refractivity contribution in [2.24, 2.45) is 11.8 Å². The molecule has 5 unspecified atom stereocenters. The van der Waals surface area contributed by atoms with Crippen LogP contribution in [0.1, 0.15) is 77.8 Å². The van der Waals surface area contributed by atoms with Crippen molar-refractivity contribution in [1.82, 2.24) is 9.80 Å². The number of carboxylic acids is 1. The number of hydrogen-bond donors (Lipinski definition) is 2. The molecule has 8 heteroatoms. The number of hydrogen-bond acceptors (Lipinski definition) is 7. The van der Waals surface area contributed by atoms with Gasteiger partial charge >= 0.3 is 11.9 Å². The molecular formula is C30H44N2O6. The Morgan fingerprint density at radius 1 is 0.947 bits per heavy atom. The van der Waals surface area contributed by atoms with E-state index in [9.17, 15) is 19.8 Å². The Morgan fingerprint density at radius 3 is 2.13 bits per heavy atom. The van der Waals surface area contributed by atoms with Crippen molar-refractivity contribution >= 4 is 11.9 Å². The molecule has 1 aromatic rings. The molecule has 2 N–H and O–H groups in total. The smallest absolute Gasteiger partial charge is 0.323 e. The molecule has 4 heterocycles. The summed E-state index contributed by atoms with van der Waals surface area (Å²) >= 11 is 0. The van der Waals surface area contributed by atoms with Crippen LogP contribution in [-0.2, 0) is 19.1 Å². The number of piperidine rings is 3. The number of ether oxygens (including phenoxy) is 2. The van der Waals surface area contributed by atoms with Crippen LogP contribution in [0.15, 0.2) is 42.5 Å². The Balaban J connectivity index is 0.000000178. The van der Waals surface area contributed by atoms with Gasteiger partial charge in [-0.2, -0.15) is 0 Å². The Labute approximate surface area is 226 Å². The molecular weight excluding hydrogens is 484 g/mol. The van der Waals surface area contributed by atoms with Crippen LogP contribution in [0.2, 0.25) is 0 Å². The summed E-state index contributed by atoms with van der Waals surface area (Å²) < 4.78 is 10.6. The van der Waals surface area contributed by atoms with E-state index in [0.717, 1.165) is 38.5 Å². The van der Waals surface area contributed by atoms with Gasteiger partial charge in [-0.15, -0.1) is 0 Å². The van der Waals surface area contributed by atoms with Crippen LogP contribution in [0.3, 0.4) is 0 Å². The fourth-order valence-corrected chi connectivity index (χ4v) is 6.82. The van der Waals surface area contributed by atoms with Crippen molar-refractivity contribution in [3.8, 4) is 0 Å². The molecule has 0 radical (unpaired) electrons. The van der Waals surface area contributed by atoms with Gasteiger partial charge in [0.2, 0.25) is 6.41 Å². The molecule has 3 saturated heterocycles. The number of benzene rings is 1. The molecule has 4 aliphatic heterocycles. The van der Waals surface area contributed by atoms with Gasteiger partial charge < -0.3 is 19.7 Å². The summed E-state index contributed by atoms with van der Waals surface area (Å²) in [5.41, 5.74) is 0.765. The third-order valence-corrected chi connectivity index (χ3v) is 8.56. The van der Waals surface area contributed by atoms with Gasteiger partial charge in [0.05, 0.1) is 12.7 Å². The van der Waals surface area contributed by atoms with Gasteiger partial charge in [0.15, 0.2) is 0 Å².